The van der Waals surface area contributed by atoms with Gasteiger partial charge in [-0.05, 0) is 56.8 Å². The van der Waals surface area contributed by atoms with Crippen LogP contribution in [0.15, 0.2) is 24.3 Å². The third kappa shape index (κ3) is 8.18. The average molecular weight is 508 g/mol. The predicted molar refractivity (Wildman–Crippen MR) is 131 cm³/mol. The number of carboxylic acids is 1. The van der Waals surface area contributed by atoms with Crippen LogP contribution in [0.3, 0.4) is 0 Å². The van der Waals surface area contributed by atoms with E-state index in [0.717, 1.165) is 0 Å². The molecule has 1 saturated heterocycles. The number of aliphatic carboxylic acids is 1. The number of amides is 3. The summed E-state index contributed by atoms with van der Waals surface area (Å²) >= 11 is 0. The summed E-state index contributed by atoms with van der Waals surface area (Å²) in [6, 6.07) is 1.57. The number of carbonyl (C=O) groups is 4. The first kappa shape index (κ1) is 29.0. The molecule has 36 heavy (non-hydrogen) atoms. The van der Waals surface area contributed by atoms with E-state index in [1.54, 1.807) is 12.1 Å². The van der Waals surface area contributed by atoms with E-state index in [-0.39, 0.29) is 18.7 Å². The summed E-state index contributed by atoms with van der Waals surface area (Å²) in [5.41, 5.74) is 11.9. The Balaban J connectivity index is 2.07. The molecule has 0 bridgehead atoms. The van der Waals surface area contributed by atoms with Gasteiger partial charge in [0.1, 0.15) is 23.9 Å². The van der Waals surface area contributed by atoms with Gasteiger partial charge in [0.25, 0.3) is 0 Å². The minimum absolute atomic E-state index is 0.0174. The molecule has 0 radical (unpaired) electrons. The van der Waals surface area contributed by atoms with Crippen molar-refractivity contribution in [3.63, 3.8) is 0 Å². The van der Waals surface area contributed by atoms with Crippen LogP contribution in [0.2, 0.25) is 0 Å². The molecule has 0 spiro atoms. The van der Waals surface area contributed by atoms with Crippen molar-refractivity contribution in [2.24, 2.45) is 11.5 Å². The van der Waals surface area contributed by atoms with Crippen molar-refractivity contribution in [3.8, 4) is 5.75 Å². The Labute approximate surface area is 210 Å². The van der Waals surface area contributed by atoms with Crippen LogP contribution in [-0.2, 0) is 25.6 Å². The van der Waals surface area contributed by atoms with Crippen molar-refractivity contribution in [2.75, 3.05) is 13.1 Å². The molecule has 0 aromatic heterocycles. The van der Waals surface area contributed by atoms with Crippen LogP contribution < -0.4 is 22.1 Å². The molecule has 1 fully saturated rings. The van der Waals surface area contributed by atoms with E-state index in [1.807, 2.05) is 0 Å². The highest BCUT2D eigenvalue weighted by Gasteiger charge is 2.40. The number of unbranched alkanes of at least 4 members (excludes halogenated alkanes) is 1. The number of nitrogens with two attached hydrogens (primary N) is 2. The summed E-state index contributed by atoms with van der Waals surface area (Å²) in [5, 5.41) is 34.2. The number of aromatic hydroxyl groups is 1. The Morgan fingerprint density at radius 1 is 1.14 bits per heavy atom. The Kier molecular flexibility index (Phi) is 11.1. The number of aliphatic hydroxyl groups is 1. The maximum atomic E-state index is 13.2. The van der Waals surface area contributed by atoms with Gasteiger partial charge in [-0.1, -0.05) is 18.6 Å². The molecular weight excluding hydrogens is 470 g/mol. The Morgan fingerprint density at radius 3 is 2.39 bits per heavy atom. The Morgan fingerprint density at radius 2 is 1.81 bits per heavy atom. The summed E-state index contributed by atoms with van der Waals surface area (Å²) in [7, 11) is 0. The molecule has 1 aromatic rings. The molecule has 5 atom stereocenters. The molecule has 0 aliphatic carbocycles. The lowest BCUT2D eigenvalue weighted by molar-refractivity contribution is -0.146. The quantitative estimate of drug-likeness (QED) is 0.160. The molecule has 0 saturated carbocycles. The number of benzene rings is 1. The third-order valence-electron chi connectivity index (χ3n) is 6.18. The smallest absolute Gasteiger partial charge is 0.326 e. The second-order valence-electron chi connectivity index (χ2n) is 9.08. The molecule has 1 heterocycles. The first-order valence-electron chi connectivity index (χ1n) is 12.1. The van der Waals surface area contributed by atoms with Gasteiger partial charge in [0.05, 0.1) is 12.1 Å². The number of hydrogen-bond acceptors (Lipinski definition) is 8. The lowest BCUT2D eigenvalue weighted by Crippen LogP contribution is -2.59. The van der Waals surface area contributed by atoms with Crippen molar-refractivity contribution in [2.45, 2.75) is 75.7 Å². The SMILES string of the molecule is CC(O)C(NC(=O)C(N)CCCCN)C(=O)N1CCCC1C(=O)NC(Cc1ccc(O)cc1)C(=O)O. The minimum atomic E-state index is -1.31. The van der Waals surface area contributed by atoms with Crippen LogP contribution in [0.4, 0.5) is 0 Å². The van der Waals surface area contributed by atoms with Gasteiger partial charge in [-0.25, -0.2) is 4.79 Å². The van der Waals surface area contributed by atoms with Gasteiger partial charge in [0, 0.05) is 13.0 Å². The number of rotatable bonds is 13. The molecule has 5 unspecified atom stereocenters. The number of carbonyl (C=O) groups excluding carboxylic acids is 3. The fourth-order valence-electron chi connectivity index (χ4n) is 4.11. The summed E-state index contributed by atoms with van der Waals surface area (Å²) in [6.07, 6.45) is 1.26. The molecule has 2 rings (SSSR count). The van der Waals surface area contributed by atoms with E-state index < -0.39 is 54.0 Å². The van der Waals surface area contributed by atoms with Crippen molar-refractivity contribution in [1.29, 1.82) is 0 Å². The van der Waals surface area contributed by atoms with E-state index in [1.165, 1.54) is 24.0 Å². The van der Waals surface area contributed by atoms with Crippen LogP contribution in [0.5, 0.6) is 5.75 Å². The van der Waals surface area contributed by atoms with Crippen LogP contribution in [0.25, 0.3) is 0 Å². The van der Waals surface area contributed by atoms with Gasteiger partial charge in [-0.15, -0.1) is 0 Å². The van der Waals surface area contributed by atoms with Crippen LogP contribution in [0.1, 0.15) is 44.6 Å². The van der Waals surface area contributed by atoms with E-state index in [4.69, 9.17) is 11.5 Å². The molecule has 1 aliphatic heterocycles. The van der Waals surface area contributed by atoms with Crippen molar-refractivity contribution < 1.29 is 34.5 Å². The molecule has 9 N–H and O–H groups in total. The topological polar surface area (TPSA) is 208 Å². The molecule has 12 nitrogen and oxygen atoms in total. The first-order valence-corrected chi connectivity index (χ1v) is 12.1. The van der Waals surface area contributed by atoms with Gasteiger partial charge in [-0.2, -0.15) is 0 Å². The number of hydrogen-bond donors (Lipinski definition) is 7. The fourth-order valence-corrected chi connectivity index (χ4v) is 4.11. The van der Waals surface area contributed by atoms with Gasteiger partial charge < -0.3 is 42.3 Å². The first-order chi connectivity index (χ1) is 17.0. The van der Waals surface area contributed by atoms with E-state index in [9.17, 15) is 34.5 Å². The maximum absolute atomic E-state index is 13.2. The molecule has 200 valence electrons. The van der Waals surface area contributed by atoms with Gasteiger partial charge in [-0.3, -0.25) is 14.4 Å². The van der Waals surface area contributed by atoms with Gasteiger partial charge >= 0.3 is 5.97 Å². The van der Waals surface area contributed by atoms with Crippen molar-refractivity contribution >= 4 is 23.7 Å². The Bertz CT molecular complexity index is 909. The number of nitrogens with zero attached hydrogens (tertiary/aromatic N) is 1. The number of phenolic OH excluding ortho intramolecular Hbond substituents is 1. The zero-order valence-corrected chi connectivity index (χ0v) is 20.4. The largest absolute Gasteiger partial charge is 0.508 e. The zero-order chi connectivity index (χ0) is 26.8. The molecule has 1 aromatic carbocycles. The number of phenols is 1. The predicted octanol–water partition coefficient (Wildman–Crippen LogP) is -1.18. The molecule has 3 amide bonds. The van der Waals surface area contributed by atoms with E-state index in [0.29, 0.717) is 44.2 Å². The number of carboxylic acid groups (broad SMARTS) is 1. The van der Waals surface area contributed by atoms with Gasteiger partial charge in [0.15, 0.2) is 0 Å². The monoisotopic (exact) mass is 507 g/mol. The highest BCUT2D eigenvalue weighted by molar-refractivity contribution is 5.94. The summed E-state index contributed by atoms with van der Waals surface area (Å²) in [5.74, 6) is -3.08. The maximum Gasteiger partial charge on any atom is 0.326 e. The second-order valence-corrected chi connectivity index (χ2v) is 9.08. The summed E-state index contributed by atoms with van der Waals surface area (Å²) in [6.45, 7) is 2.04. The number of aliphatic hydroxyl groups excluding tert-OH is 1. The highest BCUT2D eigenvalue weighted by atomic mass is 16.4. The molecule has 12 heteroatoms. The standard InChI is InChI=1S/C24H37N5O7/c1-14(30)20(28-21(32)17(26)5-2-3-11-25)23(34)29-12-4-6-19(29)22(33)27-18(24(35)36)13-15-7-9-16(31)10-8-15/h7-10,14,17-20,30-31H,2-6,11-13,25-26H2,1H3,(H,27,33)(H,28,32)(H,35,36). The van der Waals surface area contributed by atoms with Crippen molar-refractivity contribution in [3.05, 3.63) is 29.8 Å². The van der Waals surface area contributed by atoms with Crippen LogP contribution in [-0.4, -0.2) is 87.3 Å². The fraction of sp³-hybridized carbons (Fsp3) is 0.583. The minimum Gasteiger partial charge on any atom is -0.508 e. The second kappa shape index (κ2) is 13.8. The number of likely N-dealkylation sites (tertiary alicyclic amines) is 1. The van der Waals surface area contributed by atoms with Crippen molar-refractivity contribution in [1.82, 2.24) is 15.5 Å². The van der Waals surface area contributed by atoms with Crippen LogP contribution >= 0.6 is 0 Å². The normalized spacial score (nSPS) is 18.7. The lowest BCUT2D eigenvalue weighted by atomic mass is 10.0. The number of nitrogens with one attached hydrogen (secondary N) is 2. The Hall–Kier alpha value is -3.22. The van der Waals surface area contributed by atoms with E-state index >= 15 is 0 Å². The molecule has 1 aliphatic rings. The highest BCUT2D eigenvalue weighted by Crippen LogP contribution is 2.20. The lowest BCUT2D eigenvalue weighted by Gasteiger charge is -2.31. The average Bonchev–Trinajstić information content (AvgIpc) is 3.32. The van der Waals surface area contributed by atoms with E-state index in [2.05, 4.69) is 10.6 Å². The summed E-state index contributed by atoms with van der Waals surface area (Å²) < 4.78 is 0. The van der Waals surface area contributed by atoms with Crippen LogP contribution in [0, 0.1) is 0 Å². The third-order valence-corrected chi connectivity index (χ3v) is 6.18. The van der Waals surface area contributed by atoms with Gasteiger partial charge in [0.2, 0.25) is 17.7 Å². The zero-order valence-electron chi connectivity index (χ0n) is 20.4. The summed E-state index contributed by atoms with van der Waals surface area (Å²) in [4.78, 5) is 51.8. The molecular formula is C24H37N5O7.